The number of carbonyl (C=O) groups is 2. The van der Waals surface area contributed by atoms with E-state index in [9.17, 15) is 13.8 Å². The topological polar surface area (TPSA) is 163 Å². The highest BCUT2D eigenvalue weighted by Crippen LogP contribution is 2.23. The number of benzene rings is 1. The summed E-state index contributed by atoms with van der Waals surface area (Å²) in [6.45, 7) is 5.62. The van der Waals surface area contributed by atoms with Crippen LogP contribution in [-0.4, -0.2) is 56.2 Å². The van der Waals surface area contributed by atoms with Crippen LogP contribution >= 0.6 is 0 Å². The normalized spacial score (nSPS) is 12.9. The number of amidine groups is 1. The minimum Gasteiger partial charge on any atom is -0.395 e. The number of aromatic nitrogens is 2. The Hall–Kier alpha value is -3.61. The molecule has 3 amide bonds. The summed E-state index contributed by atoms with van der Waals surface area (Å²) in [5, 5.41) is 14.3. The lowest BCUT2D eigenvalue weighted by atomic mass is 9.96. The molecule has 3 rings (SSSR count). The molecule has 2 aromatic heterocycles. The van der Waals surface area contributed by atoms with E-state index in [0.29, 0.717) is 16.4 Å². The molecule has 11 nitrogen and oxygen atoms in total. The molecule has 0 spiro atoms. The first-order valence-electron chi connectivity index (χ1n) is 11.3. The predicted octanol–water partition coefficient (Wildman–Crippen LogP) is 2.05. The van der Waals surface area contributed by atoms with E-state index in [0.717, 1.165) is 11.1 Å². The first kappa shape index (κ1) is 27.0. The highest BCUT2D eigenvalue weighted by Gasteiger charge is 2.20. The molecule has 0 saturated heterocycles. The second-order valence-electron chi connectivity index (χ2n) is 9.01. The van der Waals surface area contributed by atoms with Crippen LogP contribution in [-0.2, 0) is 15.8 Å². The SMILES string of the molecule is CC(C)(C)C(=O)N=C(N)CCNC(=O)Nc1cn2cc(-c3cccc(S(=O)NCCO)c3)ccc2n1. The maximum Gasteiger partial charge on any atom is 0.320 e. The summed E-state index contributed by atoms with van der Waals surface area (Å²) in [4.78, 5) is 33.0. The van der Waals surface area contributed by atoms with Gasteiger partial charge in [0.15, 0.2) is 5.82 Å². The van der Waals surface area contributed by atoms with Gasteiger partial charge in [-0.05, 0) is 35.4 Å². The second kappa shape index (κ2) is 11.9. The Morgan fingerprint density at radius 2 is 1.92 bits per heavy atom. The third-order valence-electron chi connectivity index (χ3n) is 4.97. The Balaban J connectivity index is 1.62. The molecular weight excluding hydrogens is 482 g/mol. The molecule has 0 radical (unpaired) electrons. The van der Waals surface area contributed by atoms with Crippen molar-refractivity contribution in [2.24, 2.45) is 16.1 Å². The van der Waals surface area contributed by atoms with Crippen LogP contribution in [0.1, 0.15) is 27.2 Å². The molecule has 36 heavy (non-hydrogen) atoms. The van der Waals surface area contributed by atoms with Crippen molar-refractivity contribution in [1.29, 1.82) is 0 Å². The van der Waals surface area contributed by atoms with E-state index in [-0.39, 0.29) is 37.9 Å². The molecule has 1 atom stereocenters. The maximum absolute atomic E-state index is 12.3. The number of hydrogen-bond donors (Lipinski definition) is 5. The van der Waals surface area contributed by atoms with E-state index in [2.05, 4.69) is 25.3 Å². The number of nitrogens with one attached hydrogen (secondary N) is 3. The molecule has 2 heterocycles. The molecule has 0 saturated carbocycles. The van der Waals surface area contributed by atoms with Gasteiger partial charge in [0, 0.05) is 31.1 Å². The number of urea groups is 1. The molecule has 3 aromatic rings. The van der Waals surface area contributed by atoms with Crippen molar-refractivity contribution in [3.8, 4) is 11.1 Å². The van der Waals surface area contributed by atoms with E-state index in [1.165, 1.54) is 0 Å². The number of imidazole rings is 1. The van der Waals surface area contributed by atoms with E-state index in [1.54, 1.807) is 37.4 Å². The van der Waals surface area contributed by atoms with Crippen molar-refractivity contribution < 1.29 is 18.9 Å². The largest absolute Gasteiger partial charge is 0.395 e. The lowest BCUT2D eigenvalue weighted by Crippen LogP contribution is -2.32. The monoisotopic (exact) mass is 513 g/mol. The van der Waals surface area contributed by atoms with Crippen LogP contribution in [0.5, 0.6) is 0 Å². The molecule has 1 unspecified atom stereocenters. The number of amides is 3. The zero-order chi connectivity index (χ0) is 26.3. The van der Waals surface area contributed by atoms with Crippen molar-refractivity contribution in [3.63, 3.8) is 0 Å². The number of pyridine rings is 1. The lowest BCUT2D eigenvalue weighted by molar-refractivity contribution is -0.124. The first-order chi connectivity index (χ1) is 17.1. The summed E-state index contributed by atoms with van der Waals surface area (Å²) in [7, 11) is -1.43. The summed E-state index contributed by atoms with van der Waals surface area (Å²) in [6.07, 6.45) is 3.78. The highest BCUT2D eigenvalue weighted by atomic mass is 32.2. The van der Waals surface area contributed by atoms with Gasteiger partial charge >= 0.3 is 6.03 Å². The van der Waals surface area contributed by atoms with Crippen molar-refractivity contribution in [2.45, 2.75) is 32.1 Å². The van der Waals surface area contributed by atoms with Crippen molar-refractivity contribution >= 4 is 40.2 Å². The van der Waals surface area contributed by atoms with Crippen LogP contribution in [0.4, 0.5) is 10.6 Å². The fraction of sp³-hybridized carbons (Fsp3) is 0.333. The molecule has 192 valence electrons. The highest BCUT2D eigenvalue weighted by molar-refractivity contribution is 7.83. The van der Waals surface area contributed by atoms with Gasteiger partial charge in [-0.3, -0.25) is 10.1 Å². The number of aliphatic imine (C=N–C) groups is 1. The Kier molecular flexibility index (Phi) is 8.91. The van der Waals surface area contributed by atoms with E-state index in [4.69, 9.17) is 10.8 Å². The van der Waals surface area contributed by atoms with Gasteiger partial charge in [0.25, 0.3) is 5.91 Å². The number of aliphatic hydroxyl groups is 1. The van der Waals surface area contributed by atoms with Crippen LogP contribution in [0.15, 0.2) is 58.7 Å². The number of nitrogens with two attached hydrogens (primary N) is 1. The number of rotatable bonds is 9. The number of anilines is 1. The number of nitrogens with zero attached hydrogens (tertiary/aromatic N) is 3. The van der Waals surface area contributed by atoms with Crippen molar-refractivity contribution in [1.82, 2.24) is 19.4 Å². The van der Waals surface area contributed by atoms with Gasteiger partial charge in [0.1, 0.15) is 22.5 Å². The van der Waals surface area contributed by atoms with Crippen LogP contribution < -0.4 is 21.1 Å². The minimum absolute atomic E-state index is 0.0993. The lowest BCUT2D eigenvalue weighted by Gasteiger charge is -2.13. The molecule has 6 N–H and O–H groups in total. The zero-order valence-electron chi connectivity index (χ0n) is 20.4. The molecule has 0 fully saturated rings. The zero-order valence-corrected chi connectivity index (χ0v) is 21.3. The number of hydrogen-bond acceptors (Lipinski definition) is 5. The Labute approximate surface area is 211 Å². The third-order valence-corrected chi connectivity index (χ3v) is 6.12. The average Bonchev–Trinajstić information content (AvgIpc) is 3.23. The summed E-state index contributed by atoms with van der Waals surface area (Å²) < 4.78 is 16.8. The average molecular weight is 514 g/mol. The van der Waals surface area contributed by atoms with Crippen molar-refractivity contribution in [3.05, 3.63) is 48.8 Å². The van der Waals surface area contributed by atoms with Gasteiger partial charge in [0.05, 0.1) is 17.7 Å². The summed E-state index contributed by atoms with van der Waals surface area (Å²) in [5.74, 6) is 0.205. The summed E-state index contributed by atoms with van der Waals surface area (Å²) >= 11 is 0. The minimum atomic E-state index is -1.43. The first-order valence-corrected chi connectivity index (χ1v) is 12.5. The second-order valence-corrected chi connectivity index (χ2v) is 10.3. The number of carbonyl (C=O) groups excluding carboxylic acids is 2. The predicted molar refractivity (Wildman–Crippen MR) is 140 cm³/mol. The molecule has 1 aromatic carbocycles. The van der Waals surface area contributed by atoms with Crippen molar-refractivity contribution in [2.75, 3.05) is 25.0 Å². The quantitative estimate of drug-likeness (QED) is 0.217. The summed E-state index contributed by atoms with van der Waals surface area (Å²) in [5.41, 5.74) is 7.53. The third kappa shape index (κ3) is 7.44. The molecule has 0 aliphatic rings. The fourth-order valence-electron chi connectivity index (χ4n) is 3.05. The van der Waals surface area contributed by atoms with E-state index >= 15 is 0 Å². The van der Waals surface area contributed by atoms with E-state index in [1.807, 2.05) is 36.5 Å². The van der Waals surface area contributed by atoms with Crippen LogP contribution in [0.25, 0.3) is 16.8 Å². The molecule has 0 aliphatic carbocycles. The Morgan fingerprint density at radius 3 is 2.64 bits per heavy atom. The number of fused-ring (bicyclic) bond motifs is 1. The Morgan fingerprint density at radius 1 is 1.14 bits per heavy atom. The maximum atomic E-state index is 12.3. The molecule has 0 aliphatic heterocycles. The molecular formula is C24H31N7O4S. The van der Waals surface area contributed by atoms with Gasteiger partial charge in [-0.15, -0.1) is 0 Å². The fourth-order valence-corrected chi connectivity index (χ4v) is 3.93. The Bertz CT molecular complexity index is 1300. The van der Waals surface area contributed by atoms with Crippen LogP contribution in [0, 0.1) is 5.41 Å². The standard InChI is InChI=1S/C24H31N7O4S/c1-24(2,3)22(33)28-19(25)9-10-26-23(34)30-20-15-31-14-17(7-8-21(31)29-20)16-5-4-6-18(13-16)36(35)27-11-12-32/h4-8,13-15,27,32H,9-12H2,1-3H3,(H2,25,28,33)(H2,26,30,34). The smallest absolute Gasteiger partial charge is 0.320 e. The van der Waals surface area contributed by atoms with E-state index < -0.39 is 22.4 Å². The van der Waals surface area contributed by atoms with Crippen LogP contribution in [0.2, 0.25) is 0 Å². The van der Waals surface area contributed by atoms with Gasteiger partial charge < -0.3 is 20.6 Å². The molecule has 0 bridgehead atoms. The number of aliphatic hydroxyl groups excluding tert-OH is 1. The van der Waals surface area contributed by atoms with Gasteiger partial charge in [-0.2, -0.15) is 0 Å². The summed E-state index contributed by atoms with van der Waals surface area (Å²) in [6, 6.07) is 10.5. The van der Waals surface area contributed by atoms with Gasteiger partial charge in [-0.25, -0.2) is 23.7 Å². The molecule has 12 heteroatoms. The van der Waals surface area contributed by atoms with Crippen LogP contribution in [0.3, 0.4) is 0 Å². The van der Waals surface area contributed by atoms with Gasteiger partial charge in [-0.1, -0.05) is 32.9 Å². The van der Waals surface area contributed by atoms with Gasteiger partial charge in [0.2, 0.25) is 0 Å².